The molecule has 148 valence electrons. The van der Waals surface area contributed by atoms with E-state index in [1.54, 1.807) is 31.2 Å². The van der Waals surface area contributed by atoms with Crippen LogP contribution in [-0.2, 0) is 0 Å². The van der Waals surface area contributed by atoms with Gasteiger partial charge in [-0.1, -0.05) is 18.7 Å². The van der Waals surface area contributed by atoms with Crippen LogP contribution in [0.25, 0.3) is 5.57 Å². The Bertz CT molecular complexity index is 754. The van der Waals surface area contributed by atoms with Crippen molar-refractivity contribution in [2.24, 2.45) is 11.5 Å². The van der Waals surface area contributed by atoms with Crippen LogP contribution in [0.15, 0.2) is 54.3 Å². The Labute approximate surface area is 156 Å². The minimum Gasteiger partial charge on any atom is -0.478 e. The zero-order valence-electron chi connectivity index (χ0n) is 15.5. The lowest BCUT2D eigenvalue weighted by Gasteiger charge is -2.20. The van der Waals surface area contributed by atoms with Crippen LogP contribution in [0.2, 0.25) is 0 Å². The van der Waals surface area contributed by atoms with Gasteiger partial charge in [0.05, 0.1) is 0 Å². The highest BCUT2D eigenvalue weighted by molar-refractivity contribution is 5.78. The van der Waals surface area contributed by atoms with E-state index in [1.807, 2.05) is 0 Å². The summed E-state index contributed by atoms with van der Waals surface area (Å²) in [6.07, 6.45) is -0.222. The zero-order chi connectivity index (χ0) is 20.8. The van der Waals surface area contributed by atoms with Gasteiger partial charge in [-0.25, -0.2) is 4.39 Å². The molecular weight excluding hydrogens is 360 g/mol. The molecule has 0 fully saturated rings. The largest absolute Gasteiger partial charge is 0.478 e. The first-order chi connectivity index (χ1) is 12.5. The number of halogens is 4. The van der Waals surface area contributed by atoms with Gasteiger partial charge in [0.2, 0.25) is 0 Å². The van der Waals surface area contributed by atoms with Crippen molar-refractivity contribution in [2.75, 3.05) is 6.54 Å². The molecule has 0 saturated carbocycles. The van der Waals surface area contributed by atoms with Crippen molar-refractivity contribution < 1.29 is 22.3 Å². The van der Waals surface area contributed by atoms with Crippen LogP contribution >= 0.6 is 0 Å². The Morgan fingerprint density at radius 1 is 1.33 bits per heavy atom. The van der Waals surface area contributed by atoms with E-state index < -0.39 is 23.8 Å². The van der Waals surface area contributed by atoms with Crippen LogP contribution in [0.5, 0.6) is 5.75 Å². The SMILES string of the molecule is C=C(CN)C(=C\N)/C=C(\C=C/C)c1cc(C)c(O[C@@H](C)C(F)(F)F)c(F)c1. The van der Waals surface area contributed by atoms with E-state index in [1.165, 1.54) is 13.1 Å². The number of aryl methyl sites for hydroxylation is 1. The van der Waals surface area contributed by atoms with Crippen molar-refractivity contribution in [3.63, 3.8) is 0 Å². The molecule has 4 N–H and O–H groups in total. The third-order valence-corrected chi connectivity index (χ3v) is 3.81. The van der Waals surface area contributed by atoms with Gasteiger partial charge >= 0.3 is 6.18 Å². The molecule has 3 nitrogen and oxygen atoms in total. The Morgan fingerprint density at radius 2 is 1.96 bits per heavy atom. The fourth-order valence-electron chi connectivity index (χ4n) is 2.25. The fraction of sp³-hybridized carbons (Fsp3) is 0.300. The van der Waals surface area contributed by atoms with Gasteiger partial charge in [0.15, 0.2) is 17.7 Å². The highest BCUT2D eigenvalue weighted by Crippen LogP contribution is 2.32. The molecule has 0 heterocycles. The molecule has 1 aromatic carbocycles. The average molecular weight is 384 g/mol. The van der Waals surface area contributed by atoms with Crippen molar-refractivity contribution in [2.45, 2.75) is 33.1 Å². The minimum absolute atomic E-state index is 0.193. The quantitative estimate of drug-likeness (QED) is 0.525. The fourth-order valence-corrected chi connectivity index (χ4v) is 2.25. The van der Waals surface area contributed by atoms with E-state index in [4.69, 9.17) is 16.2 Å². The third-order valence-electron chi connectivity index (χ3n) is 3.81. The number of hydrogen-bond donors (Lipinski definition) is 2. The number of alkyl halides is 3. The summed E-state index contributed by atoms with van der Waals surface area (Å²) in [5.74, 6) is -1.31. The second-order valence-electron chi connectivity index (χ2n) is 5.94. The molecule has 7 heteroatoms. The molecule has 1 rings (SSSR count). The summed E-state index contributed by atoms with van der Waals surface area (Å²) in [6, 6.07) is 2.67. The van der Waals surface area contributed by atoms with Gasteiger partial charge in [0, 0.05) is 12.7 Å². The lowest BCUT2D eigenvalue weighted by Crippen LogP contribution is -2.31. The molecule has 27 heavy (non-hydrogen) atoms. The maximum Gasteiger partial charge on any atom is 0.425 e. The second kappa shape index (κ2) is 9.41. The predicted octanol–water partition coefficient (Wildman–Crippen LogP) is 4.78. The van der Waals surface area contributed by atoms with Gasteiger partial charge in [0.25, 0.3) is 0 Å². The molecule has 0 spiro atoms. The molecule has 0 saturated heterocycles. The summed E-state index contributed by atoms with van der Waals surface area (Å²) in [7, 11) is 0. The van der Waals surface area contributed by atoms with Crippen LogP contribution in [0.4, 0.5) is 17.6 Å². The second-order valence-corrected chi connectivity index (χ2v) is 5.94. The van der Waals surface area contributed by atoms with Crippen molar-refractivity contribution in [3.8, 4) is 5.75 Å². The van der Waals surface area contributed by atoms with Crippen LogP contribution < -0.4 is 16.2 Å². The Balaban J connectivity index is 3.38. The number of hydrogen-bond acceptors (Lipinski definition) is 3. The van der Waals surface area contributed by atoms with Crippen LogP contribution in [0, 0.1) is 12.7 Å². The smallest absolute Gasteiger partial charge is 0.425 e. The third kappa shape index (κ3) is 5.99. The van der Waals surface area contributed by atoms with Gasteiger partial charge in [-0.05, 0) is 66.8 Å². The summed E-state index contributed by atoms with van der Waals surface area (Å²) in [4.78, 5) is 0. The van der Waals surface area contributed by atoms with Crippen molar-refractivity contribution in [3.05, 3.63) is 71.2 Å². The summed E-state index contributed by atoms with van der Waals surface area (Å²) >= 11 is 0. The highest BCUT2D eigenvalue weighted by Gasteiger charge is 2.38. The maximum atomic E-state index is 14.5. The molecular formula is C20H24F4N2O. The molecule has 0 aliphatic heterocycles. The Kier molecular flexibility index (Phi) is 7.84. The van der Waals surface area contributed by atoms with E-state index in [9.17, 15) is 17.6 Å². The molecule has 0 radical (unpaired) electrons. The van der Waals surface area contributed by atoms with Crippen LogP contribution in [-0.4, -0.2) is 18.8 Å². The first-order valence-electron chi connectivity index (χ1n) is 8.23. The molecule has 0 aliphatic carbocycles. The summed E-state index contributed by atoms with van der Waals surface area (Å²) in [6.45, 7) is 8.10. The van der Waals surface area contributed by atoms with Gasteiger partial charge in [-0.2, -0.15) is 13.2 Å². The maximum absolute atomic E-state index is 14.5. The van der Waals surface area contributed by atoms with Crippen LogP contribution in [0.3, 0.4) is 0 Å². The Hall–Kier alpha value is -2.54. The van der Waals surface area contributed by atoms with E-state index >= 15 is 0 Å². The number of nitrogens with two attached hydrogens (primary N) is 2. The molecule has 0 unspecified atom stereocenters. The Morgan fingerprint density at radius 3 is 2.41 bits per heavy atom. The lowest BCUT2D eigenvalue weighted by atomic mass is 9.97. The van der Waals surface area contributed by atoms with E-state index in [0.717, 1.165) is 13.0 Å². The molecule has 0 aromatic heterocycles. The summed E-state index contributed by atoms with van der Waals surface area (Å²) in [5, 5.41) is 0. The number of rotatable bonds is 7. The monoisotopic (exact) mass is 384 g/mol. The average Bonchev–Trinajstić information content (AvgIpc) is 2.59. The van der Waals surface area contributed by atoms with E-state index in [2.05, 4.69) is 6.58 Å². The number of benzene rings is 1. The van der Waals surface area contributed by atoms with Crippen molar-refractivity contribution in [1.82, 2.24) is 0 Å². The van der Waals surface area contributed by atoms with Gasteiger partial charge in [-0.3, -0.25) is 0 Å². The van der Waals surface area contributed by atoms with E-state index in [0.29, 0.717) is 22.3 Å². The molecule has 1 atom stereocenters. The van der Waals surface area contributed by atoms with Gasteiger partial charge < -0.3 is 16.2 Å². The highest BCUT2D eigenvalue weighted by atomic mass is 19.4. The number of ether oxygens (including phenoxy) is 1. The first-order valence-corrected chi connectivity index (χ1v) is 8.23. The van der Waals surface area contributed by atoms with Crippen molar-refractivity contribution in [1.29, 1.82) is 0 Å². The minimum atomic E-state index is -4.59. The van der Waals surface area contributed by atoms with Gasteiger partial charge in [-0.15, -0.1) is 0 Å². The molecule has 1 aromatic rings. The summed E-state index contributed by atoms with van der Waals surface area (Å²) in [5.41, 5.74) is 13.6. The normalized spacial score (nSPS) is 14.5. The first kappa shape index (κ1) is 22.5. The standard InChI is InChI=1S/C20H24F4N2O/c1-5-6-15(8-17(11-26)13(3)10-25)16-7-12(2)19(18(21)9-16)27-14(4)20(22,23)24/h5-9,11,14H,3,10,25-26H2,1-2,4H3/b6-5-,15-8+,17-11-/t14-/m0/s1. The lowest BCUT2D eigenvalue weighted by molar-refractivity contribution is -0.189. The summed E-state index contributed by atoms with van der Waals surface area (Å²) < 4.78 is 57.4. The number of allylic oxidation sites excluding steroid dienone is 4. The van der Waals surface area contributed by atoms with Gasteiger partial charge in [0.1, 0.15) is 0 Å². The van der Waals surface area contributed by atoms with Crippen LogP contribution in [0.1, 0.15) is 25.0 Å². The van der Waals surface area contributed by atoms with E-state index in [-0.39, 0.29) is 12.1 Å². The topological polar surface area (TPSA) is 61.3 Å². The molecule has 0 amide bonds. The molecule has 0 bridgehead atoms. The predicted molar refractivity (Wildman–Crippen MR) is 101 cm³/mol. The molecule has 0 aliphatic rings. The van der Waals surface area contributed by atoms with Crippen molar-refractivity contribution >= 4 is 5.57 Å². The zero-order valence-corrected chi connectivity index (χ0v) is 15.5.